The summed E-state index contributed by atoms with van der Waals surface area (Å²) in [5, 5.41) is 5.51. The van der Waals surface area contributed by atoms with E-state index in [2.05, 4.69) is 26.6 Å². The fraction of sp³-hybridized carbons (Fsp3) is 0.429. The van der Waals surface area contributed by atoms with Crippen LogP contribution < -0.4 is 16.4 Å². The molecule has 0 fully saturated rings. The summed E-state index contributed by atoms with van der Waals surface area (Å²) >= 11 is 3.37. The maximum Gasteiger partial charge on any atom is 0.226 e. The zero-order valence-electron chi connectivity index (χ0n) is 12.1. The molecule has 1 rings (SSSR count). The van der Waals surface area contributed by atoms with E-state index >= 15 is 0 Å². The van der Waals surface area contributed by atoms with Gasteiger partial charge in [0.1, 0.15) is 0 Å². The van der Waals surface area contributed by atoms with E-state index in [9.17, 15) is 9.59 Å². The van der Waals surface area contributed by atoms with E-state index in [1.54, 1.807) is 6.92 Å². The molecule has 1 aromatic rings. The molecule has 7 heteroatoms. The summed E-state index contributed by atoms with van der Waals surface area (Å²) in [6.45, 7) is 4.28. The van der Waals surface area contributed by atoms with Gasteiger partial charge in [-0.05, 0) is 30.7 Å². The molecule has 118 valence electrons. The number of hydrogen-bond donors (Lipinski definition) is 3. The number of amides is 2. The molecule has 0 saturated carbocycles. The van der Waals surface area contributed by atoms with Crippen LogP contribution >= 0.6 is 28.3 Å². The van der Waals surface area contributed by atoms with Crippen LogP contribution in [0.3, 0.4) is 0 Å². The number of carbonyl (C=O) groups is 2. The molecule has 0 saturated heterocycles. The Bertz CT molecular complexity index is 497. The van der Waals surface area contributed by atoms with Crippen molar-refractivity contribution in [2.24, 2.45) is 11.7 Å². The number of benzene rings is 1. The Hall–Kier alpha value is -1.11. The third kappa shape index (κ3) is 6.93. The monoisotopic (exact) mass is 377 g/mol. The van der Waals surface area contributed by atoms with Crippen molar-refractivity contribution in [3.63, 3.8) is 0 Å². The lowest BCUT2D eigenvalue weighted by atomic mass is 10.1. The molecule has 0 radical (unpaired) electrons. The summed E-state index contributed by atoms with van der Waals surface area (Å²) in [5.41, 5.74) is 7.15. The van der Waals surface area contributed by atoms with Crippen LogP contribution in [0.25, 0.3) is 0 Å². The number of rotatable bonds is 6. The van der Waals surface area contributed by atoms with Crippen LogP contribution in [0.15, 0.2) is 22.7 Å². The average Bonchev–Trinajstić information content (AvgIpc) is 2.41. The standard InChI is InChI=1S/C14H20BrN3O2.ClH/c1-9-7-11(15)3-4-12(9)18-13(19)5-6-17-14(20)10(2)8-16;/h3-4,7,10H,5-6,8,16H2,1-2H3,(H,17,20)(H,18,19);1H. The van der Waals surface area contributed by atoms with Crippen molar-refractivity contribution in [3.05, 3.63) is 28.2 Å². The number of carbonyl (C=O) groups excluding carboxylic acids is 2. The van der Waals surface area contributed by atoms with Crippen LogP contribution in [0.2, 0.25) is 0 Å². The van der Waals surface area contributed by atoms with Crippen molar-refractivity contribution in [3.8, 4) is 0 Å². The molecule has 4 N–H and O–H groups in total. The van der Waals surface area contributed by atoms with Crippen molar-refractivity contribution in [1.29, 1.82) is 0 Å². The van der Waals surface area contributed by atoms with Crippen LogP contribution in [0, 0.1) is 12.8 Å². The third-order valence-electron chi connectivity index (χ3n) is 2.91. The van der Waals surface area contributed by atoms with Crippen LogP contribution in [0.1, 0.15) is 18.9 Å². The predicted octanol–water partition coefficient (Wildman–Crippen LogP) is 2.22. The number of nitrogens with two attached hydrogens (primary N) is 1. The van der Waals surface area contributed by atoms with Crippen LogP contribution in [-0.2, 0) is 9.59 Å². The Morgan fingerprint density at radius 1 is 1.38 bits per heavy atom. The quantitative estimate of drug-likeness (QED) is 0.709. The zero-order chi connectivity index (χ0) is 15.1. The Morgan fingerprint density at radius 2 is 2.05 bits per heavy atom. The molecule has 0 aliphatic carbocycles. The molecule has 0 aliphatic rings. The van der Waals surface area contributed by atoms with Gasteiger partial charge in [0.05, 0.1) is 0 Å². The lowest BCUT2D eigenvalue weighted by Crippen LogP contribution is -2.35. The lowest BCUT2D eigenvalue weighted by Gasteiger charge is -2.11. The SMILES string of the molecule is Cc1cc(Br)ccc1NC(=O)CCNC(=O)C(C)CN.Cl. The van der Waals surface area contributed by atoms with Gasteiger partial charge in [-0.3, -0.25) is 9.59 Å². The molecule has 1 aromatic carbocycles. The second-order valence-corrected chi connectivity index (χ2v) is 5.60. The largest absolute Gasteiger partial charge is 0.355 e. The van der Waals surface area contributed by atoms with Crippen molar-refractivity contribution in [1.82, 2.24) is 5.32 Å². The molecule has 5 nitrogen and oxygen atoms in total. The molecule has 21 heavy (non-hydrogen) atoms. The number of halogens is 2. The average molecular weight is 379 g/mol. The van der Waals surface area contributed by atoms with Gasteiger partial charge in [-0.1, -0.05) is 22.9 Å². The van der Waals surface area contributed by atoms with Gasteiger partial charge in [0.2, 0.25) is 11.8 Å². The highest BCUT2D eigenvalue weighted by Gasteiger charge is 2.11. The van der Waals surface area contributed by atoms with Crippen LogP contribution in [0.5, 0.6) is 0 Å². The topological polar surface area (TPSA) is 84.2 Å². The summed E-state index contributed by atoms with van der Waals surface area (Å²) in [6, 6.07) is 5.64. The summed E-state index contributed by atoms with van der Waals surface area (Å²) in [5.74, 6) is -0.483. The molecule has 0 aromatic heterocycles. The summed E-state index contributed by atoms with van der Waals surface area (Å²) in [7, 11) is 0. The molecule has 0 aliphatic heterocycles. The number of anilines is 1. The second kappa shape index (κ2) is 9.76. The summed E-state index contributed by atoms with van der Waals surface area (Å²) < 4.78 is 0.969. The van der Waals surface area contributed by atoms with Crippen molar-refractivity contribution in [2.75, 3.05) is 18.4 Å². The molecule has 0 heterocycles. The van der Waals surface area contributed by atoms with E-state index < -0.39 is 0 Å². The minimum atomic E-state index is -0.230. The normalized spacial score (nSPS) is 11.2. The van der Waals surface area contributed by atoms with Gasteiger partial charge in [-0.15, -0.1) is 12.4 Å². The number of nitrogens with one attached hydrogen (secondary N) is 2. The smallest absolute Gasteiger partial charge is 0.226 e. The van der Waals surface area contributed by atoms with Gasteiger partial charge >= 0.3 is 0 Å². The highest BCUT2D eigenvalue weighted by Crippen LogP contribution is 2.19. The van der Waals surface area contributed by atoms with E-state index in [1.165, 1.54) is 0 Å². The molecular weight excluding hydrogens is 358 g/mol. The molecule has 0 bridgehead atoms. The number of hydrogen-bond acceptors (Lipinski definition) is 3. The van der Waals surface area contributed by atoms with Crippen LogP contribution in [-0.4, -0.2) is 24.9 Å². The van der Waals surface area contributed by atoms with E-state index in [4.69, 9.17) is 5.73 Å². The lowest BCUT2D eigenvalue weighted by molar-refractivity contribution is -0.124. The first-order chi connectivity index (χ1) is 9.43. The maximum absolute atomic E-state index is 11.8. The molecule has 1 unspecified atom stereocenters. The molecule has 1 atom stereocenters. The first kappa shape index (κ1) is 19.9. The first-order valence-electron chi connectivity index (χ1n) is 6.47. The van der Waals surface area contributed by atoms with Gasteiger partial charge in [-0.2, -0.15) is 0 Å². The van der Waals surface area contributed by atoms with Gasteiger partial charge in [0, 0.05) is 35.6 Å². The molecule has 0 spiro atoms. The first-order valence-corrected chi connectivity index (χ1v) is 7.27. The molecular formula is C14H21BrClN3O2. The van der Waals surface area contributed by atoms with Crippen LogP contribution in [0.4, 0.5) is 5.69 Å². The van der Waals surface area contributed by atoms with Gasteiger partial charge in [0.15, 0.2) is 0 Å². The fourth-order valence-electron chi connectivity index (χ4n) is 1.56. The Kier molecular flexibility index (Phi) is 9.24. The minimum absolute atomic E-state index is 0. The van der Waals surface area contributed by atoms with E-state index in [1.807, 2.05) is 25.1 Å². The van der Waals surface area contributed by atoms with E-state index in [0.717, 1.165) is 15.7 Å². The Labute approximate surface area is 139 Å². The van der Waals surface area contributed by atoms with E-state index in [0.29, 0.717) is 13.1 Å². The third-order valence-corrected chi connectivity index (χ3v) is 3.41. The Morgan fingerprint density at radius 3 is 2.62 bits per heavy atom. The second-order valence-electron chi connectivity index (χ2n) is 4.69. The zero-order valence-corrected chi connectivity index (χ0v) is 14.5. The van der Waals surface area contributed by atoms with Gasteiger partial charge < -0.3 is 16.4 Å². The highest BCUT2D eigenvalue weighted by molar-refractivity contribution is 9.10. The van der Waals surface area contributed by atoms with Crippen molar-refractivity contribution < 1.29 is 9.59 Å². The minimum Gasteiger partial charge on any atom is -0.355 e. The van der Waals surface area contributed by atoms with Crippen molar-refractivity contribution in [2.45, 2.75) is 20.3 Å². The summed E-state index contributed by atoms with van der Waals surface area (Å²) in [6.07, 6.45) is 0.235. The van der Waals surface area contributed by atoms with Gasteiger partial charge in [-0.25, -0.2) is 0 Å². The fourth-order valence-corrected chi connectivity index (χ4v) is 2.04. The molecule has 2 amide bonds. The number of aryl methyl sites for hydroxylation is 1. The Balaban J connectivity index is 0.00000400. The van der Waals surface area contributed by atoms with Gasteiger partial charge in [0.25, 0.3) is 0 Å². The van der Waals surface area contributed by atoms with E-state index in [-0.39, 0.29) is 36.6 Å². The highest BCUT2D eigenvalue weighted by atomic mass is 79.9. The maximum atomic E-state index is 11.8. The van der Waals surface area contributed by atoms with Crippen molar-refractivity contribution >= 4 is 45.8 Å². The predicted molar refractivity (Wildman–Crippen MR) is 90.6 cm³/mol. The summed E-state index contributed by atoms with van der Waals surface area (Å²) in [4.78, 5) is 23.2.